The van der Waals surface area contributed by atoms with Crippen LogP contribution in [0.15, 0.2) is 40.9 Å². The Morgan fingerprint density at radius 1 is 1.36 bits per heavy atom. The molecule has 1 heterocycles. The molecule has 148 valence electrons. The standard InChI is InChI=1S/C20H20BrFN2O4/c1-11(24-9-12-3-4-14(21)7-17(12)20(24)27)19(26)23-18(10-25)13-5-15(22)8-16(6-13)28-2/h3-8,11,18,25H,9-10H2,1-2H3,(H,23,26). The number of fused-ring (bicyclic) bond motifs is 1. The van der Waals surface area contributed by atoms with E-state index in [2.05, 4.69) is 21.2 Å². The lowest BCUT2D eigenvalue weighted by atomic mass is 10.1. The molecule has 2 unspecified atom stereocenters. The van der Waals surface area contributed by atoms with Gasteiger partial charge in [0.25, 0.3) is 5.91 Å². The number of ether oxygens (including phenoxy) is 1. The summed E-state index contributed by atoms with van der Waals surface area (Å²) in [5.41, 5.74) is 1.78. The molecule has 0 fully saturated rings. The van der Waals surface area contributed by atoms with Crippen LogP contribution in [0.1, 0.15) is 34.5 Å². The predicted molar refractivity (Wildman–Crippen MR) is 104 cm³/mol. The van der Waals surface area contributed by atoms with E-state index in [-0.39, 0.29) is 11.7 Å². The van der Waals surface area contributed by atoms with Crippen LogP contribution in [0.5, 0.6) is 5.75 Å². The van der Waals surface area contributed by atoms with E-state index >= 15 is 0 Å². The van der Waals surface area contributed by atoms with Gasteiger partial charge in [-0.05, 0) is 42.3 Å². The first-order valence-corrected chi connectivity index (χ1v) is 9.48. The Bertz CT molecular complexity index is 921. The van der Waals surface area contributed by atoms with Crippen LogP contribution >= 0.6 is 15.9 Å². The lowest BCUT2D eigenvalue weighted by molar-refractivity contribution is -0.126. The normalized spacial score (nSPS) is 15.2. The molecule has 2 aromatic rings. The molecule has 2 aromatic carbocycles. The van der Waals surface area contributed by atoms with Crippen LogP contribution in [0, 0.1) is 5.82 Å². The highest BCUT2D eigenvalue weighted by Crippen LogP contribution is 2.28. The van der Waals surface area contributed by atoms with Gasteiger partial charge < -0.3 is 20.1 Å². The summed E-state index contributed by atoms with van der Waals surface area (Å²) in [5.74, 6) is -0.924. The van der Waals surface area contributed by atoms with Gasteiger partial charge >= 0.3 is 0 Å². The van der Waals surface area contributed by atoms with Gasteiger partial charge in [0.2, 0.25) is 5.91 Å². The van der Waals surface area contributed by atoms with Gasteiger partial charge in [-0.25, -0.2) is 4.39 Å². The van der Waals surface area contributed by atoms with E-state index in [1.807, 2.05) is 12.1 Å². The number of methoxy groups -OCH3 is 1. The minimum absolute atomic E-state index is 0.230. The second-order valence-corrected chi connectivity index (χ2v) is 7.49. The van der Waals surface area contributed by atoms with E-state index in [1.54, 1.807) is 19.1 Å². The van der Waals surface area contributed by atoms with Crippen LogP contribution in [-0.4, -0.2) is 41.6 Å². The van der Waals surface area contributed by atoms with E-state index in [9.17, 15) is 19.1 Å². The molecule has 0 aromatic heterocycles. The largest absolute Gasteiger partial charge is 0.497 e. The lowest BCUT2D eigenvalue weighted by Gasteiger charge is -2.26. The smallest absolute Gasteiger partial charge is 0.255 e. The maximum atomic E-state index is 13.8. The van der Waals surface area contributed by atoms with Crippen LogP contribution in [0.2, 0.25) is 0 Å². The summed E-state index contributed by atoms with van der Waals surface area (Å²) in [5, 5.41) is 12.4. The van der Waals surface area contributed by atoms with E-state index in [0.717, 1.165) is 10.0 Å². The van der Waals surface area contributed by atoms with Gasteiger partial charge in [0.05, 0.1) is 19.8 Å². The van der Waals surface area contributed by atoms with Crippen molar-refractivity contribution in [1.82, 2.24) is 10.2 Å². The molecule has 1 aliphatic rings. The Hall–Kier alpha value is -2.45. The van der Waals surface area contributed by atoms with E-state index in [0.29, 0.717) is 17.7 Å². The highest BCUT2D eigenvalue weighted by atomic mass is 79.9. The third-order valence-corrected chi connectivity index (χ3v) is 5.27. The number of benzene rings is 2. The molecule has 0 saturated heterocycles. The Kier molecular flexibility index (Phi) is 6.00. The van der Waals surface area contributed by atoms with Crippen molar-refractivity contribution in [2.24, 2.45) is 0 Å². The summed E-state index contributed by atoms with van der Waals surface area (Å²) in [6, 6.07) is 7.82. The quantitative estimate of drug-likeness (QED) is 0.708. The molecule has 0 saturated carbocycles. The minimum Gasteiger partial charge on any atom is -0.497 e. The number of aliphatic hydroxyl groups excluding tert-OH is 1. The molecule has 28 heavy (non-hydrogen) atoms. The predicted octanol–water partition coefficient (Wildman–Crippen LogP) is 2.79. The van der Waals surface area contributed by atoms with Gasteiger partial charge in [0, 0.05) is 22.6 Å². The highest BCUT2D eigenvalue weighted by Gasteiger charge is 2.34. The Morgan fingerprint density at radius 3 is 2.79 bits per heavy atom. The van der Waals surface area contributed by atoms with Crippen molar-refractivity contribution in [3.63, 3.8) is 0 Å². The van der Waals surface area contributed by atoms with Crippen molar-refractivity contribution >= 4 is 27.7 Å². The zero-order valence-electron chi connectivity index (χ0n) is 15.4. The number of nitrogens with zero attached hydrogens (tertiary/aromatic N) is 1. The van der Waals surface area contributed by atoms with E-state index in [4.69, 9.17) is 4.74 Å². The van der Waals surface area contributed by atoms with Crippen molar-refractivity contribution in [2.45, 2.75) is 25.6 Å². The maximum Gasteiger partial charge on any atom is 0.255 e. The zero-order valence-corrected chi connectivity index (χ0v) is 17.0. The monoisotopic (exact) mass is 450 g/mol. The second-order valence-electron chi connectivity index (χ2n) is 6.58. The van der Waals surface area contributed by atoms with Gasteiger partial charge in [0.1, 0.15) is 17.6 Å². The number of aliphatic hydroxyl groups is 1. The molecule has 0 spiro atoms. The van der Waals surface area contributed by atoms with Crippen molar-refractivity contribution in [3.8, 4) is 5.75 Å². The van der Waals surface area contributed by atoms with Gasteiger partial charge in [-0.2, -0.15) is 0 Å². The molecule has 0 aliphatic carbocycles. The molecule has 6 nitrogen and oxygen atoms in total. The molecule has 0 radical (unpaired) electrons. The van der Waals surface area contributed by atoms with E-state index < -0.39 is 30.4 Å². The third kappa shape index (κ3) is 4.02. The van der Waals surface area contributed by atoms with Crippen molar-refractivity contribution in [1.29, 1.82) is 0 Å². The highest BCUT2D eigenvalue weighted by molar-refractivity contribution is 9.10. The molecule has 2 atom stereocenters. The molecule has 1 aliphatic heterocycles. The number of carbonyl (C=O) groups excluding carboxylic acids is 2. The van der Waals surface area contributed by atoms with Crippen LogP contribution in [-0.2, 0) is 11.3 Å². The summed E-state index contributed by atoms with van der Waals surface area (Å²) in [6.45, 7) is 1.52. The summed E-state index contributed by atoms with van der Waals surface area (Å²) < 4.78 is 19.6. The Balaban J connectivity index is 1.75. The lowest BCUT2D eigenvalue weighted by Crippen LogP contribution is -2.46. The van der Waals surface area contributed by atoms with Crippen LogP contribution in [0.4, 0.5) is 4.39 Å². The summed E-state index contributed by atoms with van der Waals surface area (Å²) in [6.07, 6.45) is 0. The summed E-state index contributed by atoms with van der Waals surface area (Å²) >= 11 is 3.35. The number of hydrogen-bond donors (Lipinski definition) is 2. The Labute approximate surface area is 170 Å². The molecule has 3 rings (SSSR count). The number of nitrogens with one attached hydrogen (secondary N) is 1. The molecule has 2 N–H and O–H groups in total. The van der Waals surface area contributed by atoms with Gasteiger partial charge in [-0.15, -0.1) is 0 Å². The summed E-state index contributed by atoms with van der Waals surface area (Å²) in [7, 11) is 1.40. The number of halogens is 2. The molecule has 2 amide bonds. The number of carbonyl (C=O) groups is 2. The number of hydrogen-bond acceptors (Lipinski definition) is 4. The SMILES string of the molecule is COc1cc(F)cc(C(CO)NC(=O)C(C)N2Cc3ccc(Br)cc3C2=O)c1. The van der Waals surface area contributed by atoms with Crippen molar-refractivity contribution < 1.29 is 23.8 Å². The zero-order chi connectivity index (χ0) is 20.4. The summed E-state index contributed by atoms with van der Waals surface area (Å²) in [4.78, 5) is 26.8. The average molecular weight is 451 g/mol. The molecule has 8 heteroatoms. The van der Waals surface area contributed by atoms with Gasteiger partial charge in [-0.1, -0.05) is 22.0 Å². The van der Waals surface area contributed by atoms with Crippen molar-refractivity contribution in [3.05, 3.63) is 63.4 Å². The first-order valence-electron chi connectivity index (χ1n) is 8.69. The fourth-order valence-electron chi connectivity index (χ4n) is 3.18. The van der Waals surface area contributed by atoms with Crippen LogP contribution in [0.3, 0.4) is 0 Å². The molecular formula is C20H20BrFN2O4. The van der Waals surface area contributed by atoms with Gasteiger partial charge in [0.15, 0.2) is 0 Å². The van der Waals surface area contributed by atoms with Crippen LogP contribution in [0.25, 0.3) is 0 Å². The molecule has 0 bridgehead atoms. The fraction of sp³-hybridized carbons (Fsp3) is 0.300. The fourth-order valence-corrected chi connectivity index (χ4v) is 3.54. The van der Waals surface area contributed by atoms with Crippen molar-refractivity contribution in [2.75, 3.05) is 13.7 Å². The first kappa shape index (κ1) is 20.3. The molecular weight excluding hydrogens is 431 g/mol. The topological polar surface area (TPSA) is 78.9 Å². The number of amides is 2. The average Bonchev–Trinajstić information content (AvgIpc) is 3.00. The minimum atomic E-state index is -0.825. The second kappa shape index (κ2) is 8.28. The number of rotatable bonds is 6. The van der Waals surface area contributed by atoms with E-state index in [1.165, 1.54) is 24.1 Å². The maximum absolute atomic E-state index is 13.8. The van der Waals surface area contributed by atoms with Crippen LogP contribution < -0.4 is 10.1 Å². The van der Waals surface area contributed by atoms with Gasteiger partial charge in [-0.3, -0.25) is 9.59 Å². The third-order valence-electron chi connectivity index (χ3n) is 4.78. The first-order chi connectivity index (χ1) is 13.3. The Morgan fingerprint density at radius 2 is 2.11 bits per heavy atom.